The number of carbonyl (C=O) groups is 2. The van der Waals surface area contributed by atoms with Gasteiger partial charge in [0.2, 0.25) is 6.10 Å². The number of benzene rings is 2. The van der Waals surface area contributed by atoms with Crippen molar-refractivity contribution in [3.8, 4) is 0 Å². The Hall–Kier alpha value is -2.58. The fourth-order valence-electron chi connectivity index (χ4n) is 2.25. The highest BCUT2D eigenvalue weighted by atomic mass is 35.5. The molecule has 0 fully saturated rings. The molecule has 2 aromatic carbocycles. The number of halogens is 4. The molecule has 0 radical (unpaired) electrons. The van der Waals surface area contributed by atoms with E-state index >= 15 is 0 Å². The molecule has 0 aromatic heterocycles. The molecule has 1 amide bonds. The van der Waals surface area contributed by atoms with Crippen LogP contribution in [-0.4, -0.2) is 25.1 Å². The highest BCUT2D eigenvalue weighted by molar-refractivity contribution is 6.33. The quantitative estimate of drug-likeness (QED) is 0.670. The van der Waals surface area contributed by atoms with E-state index in [1.54, 1.807) is 37.3 Å². The van der Waals surface area contributed by atoms with Gasteiger partial charge in [0.25, 0.3) is 5.91 Å². The first kappa shape index (κ1) is 21.7. The molecule has 9 heteroatoms. The van der Waals surface area contributed by atoms with E-state index < -0.39 is 29.7 Å². The van der Waals surface area contributed by atoms with Gasteiger partial charge in [0, 0.05) is 12.2 Å². The maximum absolute atomic E-state index is 12.9. The third-order valence-electron chi connectivity index (χ3n) is 3.57. The summed E-state index contributed by atoms with van der Waals surface area (Å²) >= 11 is 5.91. The third-order valence-corrected chi connectivity index (χ3v) is 3.89. The van der Waals surface area contributed by atoms with Gasteiger partial charge in [-0.1, -0.05) is 41.9 Å². The largest absolute Gasteiger partial charge is 0.446 e. The number of carbonyl (C=O) groups excluding carboxylic acids is 2. The average molecular weight is 416 g/mol. The van der Waals surface area contributed by atoms with Gasteiger partial charge in [0.05, 0.1) is 16.3 Å². The SMILES string of the molecule is CCOCC(=O)O[C@@H](C(=O)Nc1cc(C(F)(F)F)ccc1Cl)c1ccccc1. The number of amides is 1. The van der Waals surface area contributed by atoms with Gasteiger partial charge in [-0.2, -0.15) is 13.2 Å². The van der Waals surface area contributed by atoms with Crippen LogP contribution in [0.2, 0.25) is 5.02 Å². The molecule has 2 rings (SSSR count). The van der Waals surface area contributed by atoms with Gasteiger partial charge in [-0.05, 0) is 25.1 Å². The van der Waals surface area contributed by atoms with Crippen molar-refractivity contribution in [1.29, 1.82) is 0 Å². The fraction of sp³-hybridized carbons (Fsp3) is 0.263. The molecule has 5 nitrogen and oxygen atoms in total. The molecule has 150 valence electrons. The second-order valence-corrected chi connectivity index (χ2v) is 6.01. The number of hydrogen-bond acceptors (Lipinski definition) is 4. The van der Waals surface area contributed by atoms with Gasteiger partial charge in [-0.3, -0.25) is 4.79 Å². The molecular weight excluding hydrogens is 399 g/mol. The number of hydrogen-bond donors (Lipinski definition) is 1. The summed E-state index contributed by atoms with van der Waals surface area (Å²) in [6.45, 7) is 1.60. The summed E-state index contributed by atoms with van der Waals surface area (Å²) < 4.78 is 48.9. The van der Waals surface area contributed by atoms with E-state index in [1.807, 2.05) is 0 Å². The topological polar surface area (TPSA) is 64.6 Å². The van der Waals surface area contributed by atoms with Crippen LogP contribution in [-0.2, 0) is 25.2 Å². The Morgan fingerprint density at radius 3 is 2.43 bits per heavy atom. The van der Waals surface area contributed by atoms with Crippen molar-refractivity contribution >= 4 is 29.2 Å². The van der Waals surface area contributed by atoms with Gasteiger partial charge < -0.3 is 14.8 Å². The third kappa shape index (κ3) is 5.97. The predicted molar refractivity (Wildman–Crippen MR) is 96.9 cm³/mol. The molecule has 2 aromatic rings. The lowest BCUT2D eigenvalue weighted by Gasteiger charge is -2.19. The Labute approximate surface area is 164 Å². The van der Waals surface area contributed by atoms with Crippen LogP contribution in [0.4, 0.5) is 18.9 Å². The molecule has 1 N–H and O–H groups in total. The van der Waals surface area contributed by atoms with Crippen molar-refractivity contribution < 1.29 is 32.2 Å². The van der Waals surface area contributed by atoms with Crippen LogP contribution in [0.15, 0.2) is 48.5 Å². The molecule has 0 aliphatic heterocycles. The van der Waals surface area contributed by atoms with Crippen LogP contribution >= 0.6 is 11.6 Å². The minimum atomic E-state index is -4.60. The molecule has 0 saturated carbocycles. The van der Waals surface area contributed by atoms with Crippen molar-refractivity contribution in [2.45, 2.75) is 19.2 Å². The lowest BCUT2D eigenvalue weighted by molar-refractivity contribution is -0.159. The number of ether oxygens (including phenoxy) is 2. The van der Waals surface area contributed by atoms with Crippen molar-refractivity contribution in [2.75, 3.05) is 18.5 Å². The van der Waals surface area contributed by atoms with Crippen LogP contribution < -0.4 is 5.32 Å². The molecule has 0 unspecified atom stereocenters. The Bertz CT molecular complexity index is 828. The first-order chi connectivity index (χ1) is 13.2. The Kier molecular flexibility index (Phi) is 7.42. The van der Waals surface area contributed by atoms with E-state index in [9.17, 15) is 22.8 Å². The van der Waals surface area contributed by atoms with Gasteiger partial charge >= 0.3 is 12.1 Å². The molecule has 0 bridgehead atoms. The van der Waals surface area contributed by atoms with Crippen molar-refractivity contribution in [1.82, 2.24) is 0 Å². The van der Waals surface area contributed by atoms with E-state index in [-0.39, 0.29) is 23.9 Å². The molecule has 28 heavy (non-hydrogen) atoms. The molecule has 0 aliphatic rings. The summed E-state index contributed by atoms with van der Waals surface area (Å²) in [7, 11) is 0. The van der Waals surface area contributed by atoms with E-state index in [2.05, 4.69) is 5.32 Å². The summed E-state index contributed by atoms with van der Waals surface area (Å²) in [6.07, 6.45) is -5.99. The monoisotopic (exact) mass is 415 g/mol. The number of alkyl halides is 3. The van der Waals surface area contributed by atoms with Gasteiger partial charge in [-0.15, -0.1) is 0 Å². The zero-order valence-corrected chi connectivity index (χ0v) is 15.5. The Morgan fingerprint density at radius 2 is 1.82 bits per heavy atom. The predicted octanol–water partition coefficient (Wildman–Crippen LogP) is 4.62. The number of nitrogens with one attached hydrogen (secondary N) is 1. The minimum absolute atomic E-state index is 0.0891. The number of anilines is 1. The van der Waals surface area contributed by atoms with E-state index in [1.165, 1.54) is 0 Å². The van der Waals surface area contributed by atoms with Crippen LogP contribution in [0.1, 0.15) is 24.2 Å². The van der Waals surface area contributed by atoms with Crippen LogP contribution in [0.3, 0.4) is 0 Å². The Balaban J connectivity index is 2.26. The van der Waals surface area contributed by atoms with Gasteiger partial charge in [0.1, 0.15) is 6.61 Å². The number of rotatable bonds is 7. The Morgan fingerprint density at radius 1 is 1.14 bits per heavy atom. The van der Waals surface area contributed by atoms with Gasteiger partial charge in [-0.25, -0.2) is 4.79 Å². The molecule has 0 aliphatic carbocycles. The molecular formula is C19H17ClF3NO4. The smallest absolute Gasteiger partial charge is 0.416 e. The van der Waals surface area contributed by atoms with Crippen LogP contribution in [0.25, 0.3) is 0 Å². The van der Waals surface area contributed by atoms with E-state index in [0.717, 1.165) is 12.1 Å². The normalized spacial score (nSPS) is 12.3. The van der Waals surface area contributed by atoms with E-state index in [4.69, 9.17) is 21.1 Å². The average Bonchev–Trinajstić information content (AvgIpc) is 2.65. The molecule has 0 spiro atoms. The lowest BCUT2D eigenvalue weighted by Crippen LogP contribution is -2.27. The maximum atomic E-state index is 12.9. The van der Waals surface area contributed by atoms with Crippen molar-refractivity contribution in [2.24, 2.45) is 0 Å². The minimum Gasteiger partial charge on any atom is -0.446 e. The summed E-state index contributed by atoms with van der Waals surface area (Å²) in [6, 6.07) is 10.6. The second kappa shape index (κ2) is 9.57. The summed E-state index contributed by atoms with van der Waals surface area (Å²) in [4.78, 5) is 24.6. The van der Waals surface area contributed by atoms with Crippen molar-refractivity contribution in [3.63, 3.8) is 0 Å². The fourth-order valence-corrected chi connectivity index (χ4v) is 2.41. The van der Waals surface area contributed by atoms with Crippen LogP contribution in [0, 0.1) is 0 Å². The van der Waals surface area contributed by atoms with Crippen molar-refractivity contribution in [3.05, 3.63) is 64.7 Å². The summed E-state index contributed by atoms with van der Waals surface area (Å²) in [5.74, 6) is -1.64. The molecule has 1 atom stereocenters. The lowest BCUT2D eigenvalue weighted by atomic mass is 10.1. The molecule has 0 heterocycles. The zero-order chi connectivity index (χ0) is 20.7. The highest BCUT2D eigenvalue weighted by Crippen LogP contribution is 2.34. The first-order valence-electron chi connectivity index (χ1n) is 8.22. The number of esters is 1. The zero-order valence-electron chi connectivity index (χ0n) is 14.8. The van der Waals surface area contributed by atoms with Gasteiger partial charge in [0.15, 0.2) is 0 Å². The maximum Gasteiger partial charge on any atom is 0.416 e. The summed E-state index contributed by atoms with van der Waals surface area (Å²) in [5.41, 5.74) is -0.881. The highest BCUT2D eigenvalue weighted by Gasteiger charge is 2.32. The first-order valence-corrected chi connectivity index (χ1v) is 8.60. The standard InChI is InChI=1S/C19H17ClF3NO4/c1-2-27-11-16(25)28-17(12-6-4-3-5-7-12)18(26)24-15-10-13(19(21,22)23)8-9-14(15)20/h3-10,17H,2,11H2,1H3,(H,24,26)/t17-/m1/s1. The van der Waals surface area contributed by atoms with E-state index in [0.29, 0.717) is 11.6 Å². The van der Waals surface area contributed by atoms with Crippen LogP contribution in [0.5, 0.6) is 0 Å². The summed E-state index contributed by atoms with van der Waals surface area (Å²) in [5, 5.41) is 2.20. The molecule has 0 saturated heterocycles. The second-order valence-electron chi connectivity index (χ2n) is 5.60.